The maximum Gasteiger partial charge on any atom is 0.227 e. The number of nitrogens with zero attached hydrogens (tertiary/aromatic N) is 1. The summed E-state index contributed by atoms with van der Waals surface area (Å²) >= 11 is 3.21. The van der Waals surface area contributed by atoms with E-state index >= 15 is 0 Å². The summed E-state index contributed by atoms with van der Waals surface area (Å²) in [5.74, 6) is -0.316. The zero-order valence-electron chi connectivity index (χ0n) is 8.88. The van der Waals surface area contributed by atoms with Crippen molar-refractivity contribution in [3.05, 3.63) is 28.5 Å². The Hall–Kier alpha value is -0.900. The highest BCUT2D eigenvalue weighted by Gasteiger charge is 2.20. The molecule has 0 spiro atoms. The van der Waals surface area contributed by atoms with Crippen LogP contribution in [0.15, 0.2) is 22.7 Å². The van der Waals surface area contributed by atoms with Crippen molar-refractivity contribution in [1.29, 1.82) is 0 Å². The van der Waals surface area contributed by atoms with Crippen molar-refractivity contribution in [3.8, 4) is 0 Å². The average molecular weight is 286 g/mol. The van der Waals surface area contributed by atoms with Crippen LogP contribution < -0.4 is 4.90 Å². The highest BCUT2D eigenvalue weighted by Crippen LogP contribution is 2.26. The number of rotatable bonds is 1. The Bertz CT molecular complexity index is 408. The second-order valence-electron chi connectivity index (χ2n) is 3.95. The molecule has 0 aliphatic carbocycles. The predicted molar refractivity (Wildman–Crippen MR) is 64.9 cm³/mol. The van der Waals surface area contributed by atoms with Gasteiger partial charge in [-0.15, -0.1) is 0 Å². The molecular formula is C12H13BrFNO. The lowest BCUT2D eigenvalue weighted by Gasteiger charge is -2.21. The summed E-state index contributed by atoms with van der Waals surface area (Å²) in [5, 5.41) is 0. The first-order chi connectivity index (χ1) is 7.68. The van der Waals surface area contributed by atoms with Gasteiger partial charge in [-0.1, -0.05) is 22.4 Å². The highest BCUT2D eigenvalue weighted by molar-refractivity contribution is 9.10. The summed E-state index contributed by atoms with van der Waals surface area (Å²) in [5.41, 5.74) is 0.398. The fourth-order valence-corrected chi connectivity index (χ4v) is 2.27. The van der Waals surface area contributed by atoms with Crippen molar-refractivity contribution >= 4 is 27.5 Å². The van der Waals surface area contributed by atoms with Crippen molar-refractivity contribution in [2.45, 2.75) is 25.7 Å². The van der Waals surface area contributed by atoms with Crippen molar-refractivity contribution in [2.24, 2.45) is 0 Å². The van der Waals surface area contributed by atoms with E-state index < -0.39 is 0 Å². The van der Waals surface area contributed by atoms with Gasteiger partial charge in [0.25, 0.3) is 0 Å². The van der Waals surface area contributed by atoms with Gasteiger partial charge < -0.3 is 4.90 Å². The molecule has 1 heterocycles. The van der Waals surface area contributed by atoms with Gasteiger partial charge in [0.05, 0.1) is 5.69 Å². The molecule has 0 N–H and O–H groups in total. The SMILES string of the molecule is O=C1CCCCCN1c1ccc(Br)cc1F. The average Bonchev–Trinajstić information content (AvgIpc) is 2.44. The summed E-state index contributed by atoms with van der Waals surface area (Å²) in [4.78, 5) is 13.4. The van der Waals surface area contributed by atoms with E-state index in [9.17, 15) is 9.18 Å². The number of carbonyl (C=O) groups excluding carboxylic acids is 1. The van der Waals surface area contributed by atoms with Gasteiger partial charge in [0, 0.05) is 17.4 Å². The molecule has 0 radical (unpaired) electrons. The predicted octanol–water partition coefficient (Wildman–Crippen LogP) is 3.50. The second kappa shape index (κ2) is 4.95. The third-order valence-electron chi connectivity index (χ3n) is 2.77. The van der Waals surface area contributed by atoms with Gasteiger partial charge in [0.2, 0.25) is 5.91 Å². The van der Waals surface area contributed by atoms with Crippen LogP contribution in [0.5, 0.6) is 0 Å². The van der Waals surface area contributed by atoms with Crippen LogP contribution in [-0.4, -0.2) is 12.5 Å². The van der Waals surface area contributed by atoms with E-state index in [0.29, 0.717) is 23.1 Å². The molecule has 4 heteroatoms. The molecule has 2 rings (SSSR count). The smallest absolute Gasteiger partial charge is 0.227 e. The molecule has 1 aromatic carbocycles. The summed E-state index contributed by atoms with van der Waals surface area (Å²) in [6.07, 6.45) is 3.42. The Kier molecular flexibility index (Phi) is 3.59. The molecule has 1 aromatic rings. The zero-order valence-corrected chi connectivity index (χ0v) is 10.5. The number of amides is 1. The fraction of sp³-hybridized carbons (Fsp3) is 0.417. The Morgan fingerprint density at radius 1 is 1.25 bits per heavy atom. The lowest BCUT2D eigenvalue weighted by Crippen LogP contribution is -2.30. The Labute approximate surface area is 103 Å². The fourth-order valence-electron chi connectivity index (χ4n) is 1.94. The van der Waals surface area contributed by atoms with Crippen LogP contribution in [0.2, 0.25) is 0 Å². The minimum Gasteiger partial charge on any atom is -0.310 e. The van der Waals surface area contributed by atoms with E-state index in [4.69, 9.17) is 0 Å². The van der Waals surface area contributed by atoms with Gasteiger partial charge in [-0.2, -0.15) is 0 Å². The molecule has 2 nitrogen and oxygen atoms in total. The van der Waals surface area contributed by atoms with Gasteiger partial charge in [0.15, 0.2) is 0 Å². The van der Waals surface area contributed by atoms with E-state index in [1.807, 2.05) is 0 Å². The van der Waals surface area contributed by atoms with Crippen molar-refractivity contribution < 1.29 is 9.18 Å². The van der Waals surface area contributed by atoms with Crippen LogP contribution in [0.3, 0.4) is 0 Å². The molecular weight excluding hydrogens is 273 g/mol. The largest absolute Gasteiger partial charge is 0.310 e. The number of benzene rings is 1. The first-order valence-corrected chi connectivity index (χ1v) is 6.23. The molecule has 0 atom stereocenters. The number of carbonyl (C=O) groups is 1. The van der Waals surface area contributed by atoms with Gasteiger partial charge in [-0.05, 0) is 31.0 Å². The van der Waals surface area contributed by atoms with E-state index in [0.717, 1.165) is 19.3 Å². The van der Waals surface area contributed by atoms with Crippen LogP contribution in [0.4, 0.5) is 10.1 Å². The normalized spacial score (nSPS) is 17.4. The minimum absolute atomic E-state index is 0.0266. The molecule has 1 aliphatic rings. The number of anilines is 1. The van der Waals surface area contributed by atoms with E-state index in [2.05, 4.69) is 15.9 Å². The molecule has 0 aromatic heterocycles. The van der Waals surface area contributed by atoms with Crippen LogP contribution in [0.1, 0.15) is 25.7 Å². The van der Waals surface area contributed by atoms with Gasteiger partial charge in [-0.25, -0.2) is 4.39 Å². The standard InChI is InChI=1S/C12H13BrFNO/c13-9-5-6-11(10(14)8-9)15-7-3-1-2-4-12(15)16/h5-6,8H,1-4,7H2. The van der Waals surface area contributed by atoms with Crippen molar-refractivity contribution in [2.75, 3.05) is 11.4 Å². The van der Waals surface area contributed by atoms with Gasteiger partial charge in [0.1, 0.15) is 5.82 Å². The van der Waals surface area contributed by atoms with Gasteiger partial charge >= 0.3 is 0 Å². The van der Waals surface area contributed by atoms with Crippen LogP contribution in [0, 0.1) is 5.82 Å². The minimum atomic E-state index is -0.343. The van der Waals surface area contributed by atoms with Crippen LogP contribution >= 0.6 is 15.9 Å². The lowest BCUT2D eigenvalue weighted by atomic mass is 10.2. The monoisotopic (exact) mass is 285 g/mol. The zero-order chi connectivity index (χ0) is 11.5. The van der Waals surface area contributed by atoms with Crippen LogP contribution in [-0.2, 0) is 4.79 Å². The van der Waals surface area contributed by atoms with E-state index in [1.54, 1.807) is 17.0 Å². The Morgan fingerprint density at radius 2 is 2.06 bits per heavy atom. The van der Waals surface area contributed by atoms with E-state index in [-0.39, 0.29) is 11.7 Å². The molecule has 86 valence electrons. The second-order valence-corrected chi connectivity index (χ2v) is 4.87. The molecule has 1 amide bonds. The maximum absolute atomic E-state index is 13.7. The molecule has 0 unspecified atom stereocenters. The Balaban J connectivity index is 2.30. The number of hydrogen-bond acceptors (Lipinski definition) is 1. The quantitative estimate of drug-likeness (QED) is 0.773. The molecule has 0 bridgehead atoms. The van der Waals surface area contributed by atoms with E-state index in [1.165, 1.54) is 6.07 Å². The van der Waals surface area contributed by atoms with Crippen molar-refractivity contribution in [1.82, 2.24) is 0 Å². The molecule has 1 saturated heterocycles. The summed E-state index contributed by atoms with van der Waals surface area (Å²) in [6.45, 7) is 0.622. The molecule has 16 heavy (non-hydrogen) atoms. The molecule has 1 fully saturated rings. The first-order valence-electron chi connectivity index (χ1n) is 5.44. The lowest BCUT2D eigenvalue weighted by molar-refractivity contribution is -0.118. The summed E-state index contributed by atoms with van der Waals surface area (Å²) in [7, 11) is 0. The maximum atomic E-state index is 13.7. The van der Waals surface area contributed by atoms with Crippen LogP contribution in [0.25, 0.3) is 0 Å². The third kappa shape index (κ3) is 2.43. The number of halogens is 2. The molecule has 1 aliphatic heterocycles. The Morgan fingerprint density at radius 3 is 2.81 bits per heavy atom. The highest BCUT2D eigenvalue weighted by atomic mass is 79.9. The summed E-state index contributed by atoms with van der Waals surface area (Å²) in [6, 6.07) is 4.81. The topological polar surface area (TPSA) is 20.3 Å². The molecule has 0 saturated carbocycles. The van der Waals surface area contributed by atoms with Gasteiger partial charge in [-0.3, -0.25) is 4.79 Å². The third-order valence-corrected chi connectivity index (χ3v) is 3.27. The number of hydrogen-bond donors (Lipinski definition) is 0. The van der Waals surface area contributed by atoms with Crippen molar-refractivity contribution in [3.63, 3.8) is 0 Å². The summed E-state index contributed by atoms with van der Waals surface area (Å²) < 4.78 is 14.4. The first kappa shape index (κ1) is 11.6.